The number of rotatable bonds is 33. The summed E-state index contributed by atoms with van der Waals surface area (Å²) in [6.45, 7) is 24.9. The second-order valence-corrected chi connectivity index (χ2v) is 45.4. The minimum absolute atomic E-state index is 0.0260. The fourth-order valence-corrected chi connectivity index (χ4v) is 23.5. The average molecular weight is 2180 g/mol. The Kier molecular flexibility index (Phi) is 41.5. The lowest BCUT2D eigenvalue weighted by atomic mass is 9.87. The third kappa shape index (κ3) is 30.2. The average Bonchev–Trinajstić information content (AvgIpc) is 1.63. The van der Waals surface area contributed by atoms with Gasteiger partial charge in [-0.05, 0) is 271 Å². The molecule has 31 heteroatoms. The van der Waals surface area contributed by atoms with E-state index in [2.05, 4.69) is 184 Å². The maximum Gasteiger partial charge on any atom is 0.315 e. The van der Waals surface area contributed by atoms with Crippen molar-refractivity contribution in [3.8, 4) is 65.0 Å². The molecule has 2 fully saturated rings. The smallest absolute Gasteiger partial charge is 0.315 e. The van der Waals surface area contributed by atoms with Crippen LogP contribution in [0.15, 0.2) is 187 Å². The van der Waals surface area contributed by atoms with Gasteiger partial charge >= 0.3 is 6.03 Å². The number of amides is 4. The number of thiophene rings is 5. The van der Waals surface area contributed by atoms with Crippen LogP contribution in [0.4, 0.5) is 4.79 Å². The number of urea groups is 1. The molecule has 9 aromatic heterocycles. The summed E-state index contributed by atoms with van der Waals surface area (Å²) in [6, 6.07) is 51.0. The van der Waals surface area contributed by atoms with Crippen LogP contribution in [-0.4, -0.2) is 74.2 Å². The number of nitrogens with one attached hydrogen (secondary N) is 6. The Bertz CT molecular complexity index is 6560. The number of hydrogen-bond donors (Lipinski definition) is 6. The highest BCUT2D eigenvalue weighted by Gasteiger charge is 2.29. The molecule has 0 saturated heterocycles. The summed E-state index contributed by atoms with van der Waals surface area (Å²) in [5, 5.41) is 45.8. The number of aromatic nitrogens is 8. The van der Waals surface area contributed by atoms with Crippen LogP contribution in [0.2, 0.25) is 40.2 Å². The Morgan fingerprint density at radius 2 is 0.725 bits per heavy atom. The molecule has 6 N–H and O–H groups in total. The van der Waals surface area contributed by atoms with E-state index in [4.69, 9.17) is 125 Å². The molecule has 0 atom stereocenters. The first kappa shape index (κ1) is 110. The van der Waals surface area contributed by atoms with Crippen molar-refractivity contribution in [2.45, 2.75) is 242 Å². The second-order valence-electron chi connectivity index (χ2n) is 36.2. The van der Waals surface area contributed by atoms with Crippen LogP contribution in [0.1, 0.15) is 249 Å². The Labute approximate surface area is 901 Å². The van der Waals surface area contributed by atoms with Gasteiger partial charge in [-0.3, -0.25) is 9.59 Å². The van der Waals surface area contributed by atoms with Crippen LogP contribution in [0.3, 0.4) is 0 Å². The zero-order valence-electron chi connectivity index (χ0n) is 81.9. The van der Waals surface area contributed by atoms with E-state index in [0.717, 1.165) is 179 Å². The monoisotopic (exact) mass is 2170 g/mol. The van der Waals surface area contributed by atoms with Crippen molar-refractivity contribution in [1.29, 1.82) is 0 Å². The largest absolute Gasteiger partial charge is 0.360 e. The maximum atomic E-state index is 13.0. The van der Waals surface area contributed by atoms with Crippen molar-refractivity contribution >= 4 is 209 Å². The first-order chi connectivity index (χ1) is 68.4. The molecule has 5 aromatic carbocycles. The van der Waals surface area contributed by atoms with E-state index in [1.165, 1.54) is 76.4 Å². The van der Waals surface area contributed by atoms with Gasteiger partial charge in [-0.15, -0.1) is 56.7 Å². The summed E-state index contributed by atoms with van der Waals surface area (Å²) in [6.07, 6.45) is 38.6. The Morgan fingerprint density at radius 3 is 1.04 bits per heavy atom. The van der Waals surface area contributed by atoms with Gasteiger partial charge in [0.05, 0.1) is 140 Å². The number of halogens is 8. The maximum absolute atomic E-state index is 13.0. The lowest BCUT2D eigenvalue weighted by Crippen LogP contribution is -2.42. The molecule has 16 rings (SSSR count). The molecule has 2 aliphatic rings. The van der Waals surface area contributed by atoms with Gasteiger partial charge in [0.1, 0.15) is 0 Å². The zero-order valence-corrected chi connectivity index (χ0v) is 92.8. The van der Waals surface area contributed by atoms with E-state index in [-0.39, 0.29) is 29.3 Å². The first-order valence-corrected chi connectivity index (χ1v) is 56.0. The highest BCUT2D eigenvalue weighted by atomic mass is 35.5. The van der Waals surface area contributed by atoms with E-state index in [1.54, 1.807) is 93.1 Å². The normalized spacial score (nSPS) is 13.1. The summed E-state index contributed by atoms with van der Waals surface area (Å²) in [4.78, 5) is 48.2. The Hall–Kier alpha value is -9.38. The van der Waals surface area contributed by atoms with Gasteiger partial charge < -0.3 is 31.9 Å². The minimum atomic E-state index is -0.142. The quantitative estimate of drug-likeness (QED) is 0.0216. The number of thiocarbonyl (C=S) groups is 1. The van der Waals surface area contributed by atoms with Crippen LogP contribution in [0.5, 0.6) is 0 Å². The molecule has 0 aliphatic heterocycles. The van der Waals surface area contributed by atoms with Crippen molar-refractivity contribution in [3.05, 3.63) is 308 Å². The fourth-order valence-electron chi connectivity index (χ4n) is 16.5. The lowest BCUT2D eigenvalue weighted by Gasteiger charge is -2.24. The van der Waals surface area contributed by atoms with Crippen LogP contribution < -0.4 is 31.9 Å². The summed E-state index contributed by atoms with van der Waals surface area (Å²) in [5.41, 5.74) is 16.3. The van der Waals surface area contributed by atoms with Crippen molar-refractivity contribution in [3.63, 3.8) is 0 Å². The summed E-state index contributed by atoms with van der Waals surface area (Å²) < 4.78 is 7.53. The van der Waals surface area contributed by atoms with E-state index >= 15 is 0 Å². The predicted octanol–water partition coefficient (Wildman–Crippen LogP) is 33.7. The number of benzene rings is 5. The number of allylic oxidation sites excluding steroid dienone is 4. The highest BCUT2D eigenvalue weighted by Crippen LogP contribution is 2.43. The van der Waals surface area contributed by atoms with Gasteiger partial charge in [-0.2, -0.15) is 20.4 Å². The fraction of sp³-hybridized carbons (Fsp3) is 0.333. The molecule has 0 bridgehead atoms. The SMILES string of the molecule is CCC/C=C/c1ccc(-c2c(C)c(CNC(=O)Cc3cccs3)nn2-c2ccc(Cl)cc2Cl)s1.CCC/C=C/c1ccc(-c2c(C)c(CNC(=O)NC3CCCCC3)nn2-c2ccc(Cl)cc2Cl)s1.CCC/C=C/c1ccc(-c2c(C)c(CNC(=O)c3ccc(C(C)(C)C)cc3)nn2-c2ccc(Cl)cc2Cl)s1.CCC/C=C/c1ccc(-c2c(C)c(CNC(=S)NC3CCCCC3)nn2-c2ccc(Cl)cc2Cl)s1. The van der Waals surface area contributed by atoms with E-state index in [1.807, 2.05) is 118 Å². The Balaban J connectivity index is 0.000000159. The van der Waals surface area contributed by atoms with E-state index in [0.29, 0.717) is 89.5 Å². The van der Waals surface area contributed by atoms with Crippen LogP contribution >= 0.6 is 162 Å². The topological polar surface area (TPSA) is 195 Å². The van der Waals surface area contributed by atoms with E-state index < -0.39 is 0 Å². The molecule has 17 nitrogen and oxygen atoms in total. The highest BCUT2D eigenvalue weighted by molar-refractivity contribution is 7.80. The molecule has 2 aliphatic carbocycles. The third-order valence-electron chi connectivity index (χ3n) is 24.3. The molecule has 2 saturated carbocycles. The molecule has 142 heavy (non-hydrogen) atoms. The van der Waals surface area contributed by atoms with Crippen LogP contribution in [0.25, 0.3) is 89.3 Å². The minimum Gasteiger partial charge on any atom is -0.360 e. The van der Waals surface area contributed by atoms with Gasteiger partial charge in [0.25, 0.3) is 5.91 Å². The molecule has 0 radical (unpaired) electrons. The van der Waals surface area contributed by atoms with Crippen molar-refractivity contribution < 1.29 is 14.4 Å². The van der Waals surface area contributed by atoms with Gasteiger partial charge in [0, 0.05) is 84.4 Å². The molecular formula is C111H122Cl8N14O3S6. The zero-order chi connectivity index (χ0) is 101. The van der Waals surface area contributed by atoms with Crippen LogP contribution in [0, 0.1) is 27.7 Å². The van der Waals surface area contributed by atoms with Crippen molar-refractivity contribution in [2.24, 2.45) is 0 Å². The second kappa shape index (κ2) is 53.6. The lowest BCUT2D eigenvalue weighted by molar-refractivity contribution is -0.120. The van der Waals surface area contributed by atoms with Crippen LogP contribution in [-0.2, 0) is 42.8 Å². The molecular weight excluding hydrogens is 2050 g/mol. The molecule has 9 heterocycles. The van der Waals surface area contributed by atoms with Gasteiger partial charge in [0.2, 0.25) is 5.91 Å². The molecule has 0 spiro atoms. The number of carbonyl (C=O) groups is 3. The number of hydrogen-bond acceptors (Lipinski definition) is 13. The Morgan fingerprint density at radius 1 is 0.401 bits per heavy atom. The van der Waals surface area contributed by atoms with Gasteiger partial charge in [-0.1, -0.05) is 248 Å². The van der Waals surface area contributed by atoms with Crippen molar-refractivity contribution in [2.75, 3.05) is 0 Å². The summed E-state index contributed by atoms with van der Waals surface area (Å²) in [7, 11) is 0. The number of carbonyl (C=O) groups excluding carboxylic acids is 3. The molecule has 746 valence electrons. The first-order valence-electron chi connectivity index (χ1n) is 48.5. The number of unbranched alkanes of at least 4 members (excludes halogenated alkanes) is 4. The summed E-state index contributed by atoms with van der Waals surface area (Å²) in [5.74, 6) is -0.160. The third-order valence-corrected chi connectivity index (χ3v) is 31.9. The van der Waals surface area contributed by atoms with Gasteiger partial charge in [0.15, 0.2) is 5.11 Å². The molecule has 14 aromatic rings. The summed E-state index contributed by atoms with van der Waals surface area (Å²) >= 11 is 65.0. The van der Waals surface area contributed by atoms with Crippen molar-refractivity contribution in [1.82, 2.24) is 71.0 Å². The predicted molar refractivity (Wildman–Crippen MR) is 610 cm³/mol. The standard InChI is InChI=1S/C31H33Cl2N3OS.C27H32Cl2N4OS.C27H32Cl2N4S2.C26H25Cl2N3OS2/c1-6-7-8-9-24-15-17-28(38-24)29-20(2)26(35-36(29)27-16-14-23(32)18-25(27)33)19-34-30(37)21-10-12-22(13-11-21)31(3,4)5;2*1-3-4-6-11-21-13-15-25(35-21)26-18(2)23(17-30-27(34)31-20-9-7-5-8-10-20)32-33(26)24-14-12-19(28)16-22(24)29;1-3-4-5-7-19-10-12-24(34-19)26-17(2)22(16-29-25(32)15-20-8-6-13-33-20)30-31(26)23-11-9-18(27)14-21(23)28/h8-18H,6-7,19H2,1-5H3,(H,34,37);2*6,11-16,20H,3-5,7-10,17H2,1-2H3,(H2,30,31,34);5-14H,3-4,15-16H2,1-2H3,(H,29,32)/b9-8+;2*11-6+;7-5+. The number of nitrogens with zero attached hydrogens (tertiary/aromatic N) is 8. The molecule has 4 amide bonds. The van der Waals surface area contributed by atoms with Gasteiger partial charge in [-0.25, -0.2) is 23.5 Å². The molecule has 0 unspecified atom stereocenters. The van der Waals surface area contributed by atoms with E-state index in [9.17, 15) is 14.4 Å².